The van der Waals surface area contributed by atoms with Gasteiger partial charge in [-0.15, -0.1) is 0 Å². The Morgan fingerprint density at radius 1 is 1.11 bits per heavy atom. The van der Waals surface area contributed by atoms with E-state index in [9.17, 15) is 24.3 Å². The quantitative estimate of drug-likeness (QED) is 0.220. The second kappa shape index (κ2) is 10.4. The van der Waals surface area contributed by atoms with Gasteiger partial charge in [0.15, 0.2) is 6.04 Å². The molecule has 3 amide bonds. The zero-order valence-corrected chi connectivity index (χ0v) is 15.8. The molecule has 5 atom stereocenters. The Morgan fingerprint density at radius 2 is 1.75 bits per heavy atom. The van der Waals surface area contributed by atoms with Crippen LogP contribution in [0.2, 0.25) is 0 Å². The Balaban J connectivity index is 2.89. The summed E-state index contributed by atoms with van der Waals surface area (Å²) in [5, 5.41) is 25.7. The topological polar surface area (TPSA) is 200 Å². The highest BCUT2D eigenvalue weighted by Crippen LogP contribution is 2.02. The molecule has 0 spiro atoms. The summed E-state index contributed by atoms with van der Waals surface area (Å²) in [5.74, 6) is -3.45. The van der Waals surface area contributed by atoms with Gasteiger partial charge in [-0.2, -0.15) is 0 Å². The van der Waals surface area contributed by atoms with Gasteiger partial charge in [0.1, 0.15) is 12.1 Å². The number of carboxylic acid groups (broad SMARTS) is 1. The zero-order valence-electron chi connectivity index (χ0n) is 15.8. The average Bonchev–Trinajstić information content (AvgIpc) is 3.10. The maximum Gasteiger partial charge on any atom is 0.328 e. The first-order valence-corrected chi connectivity index (χ1v) is 8.57. The second-order valence-electron chi connectivity index (χ2n) is 6.43. The van der Waals surface area contributed by atoms with Crippen molar-refractivity contribution in [3.8, 4) is 0 Å². The van der Waals surface area contributed by atoms with Crippen molar-refractivity contribution in [1.82, 2.24) is 25.9 Å². The van der Waals surface area contributed by atoms with Crippen molar-refractivity contribution in [2.45, 2.75) is 57.5 Å². The van der Waals surface area contributed by atoms with Crippen molar-refractivity contribution in [2.75, 3.05) is 0 Å². The van der Waals surface area contributed by atoms with Gasteiger partial charge in [-0.05, 0) is 20.8 Å². The summed E-state index contributed by atoms with van der Waals surface area (Å²) >= 11 is 0. The van der Waals surface area contributed by atoms with Crippen molar-refractivity contribution in [1.29, 1.82) is 0 Å². The Morgan fingerprint density at radius 3 is 2.21 bits per heavy atom. The van der Waals surface area contributed by atoms with Gasteiger partial charge in [-0.3, -0.25) is 14.4 Å². The van der Waals surface area contributed by atoms with Gasteiger partial charge in [-0.1, -0.05) is 0 Å². The average molecular weight is 398 g/mol. The minimum Gasteiger partial charge on any atom is -0.480 e. The summed E-state index contributed by atoms with van der Waals surface area (Å²) < 4.78 is 0. The van der Waals surface area contributed by atoms with Crippen molar-refractivity contribution in [2.24, 2.45) is 5.73 Å². The summed E-state index contributed by atoms with van der Waals surface area (Å²) in [6.07, 6.45) is 1.46. The number of aliphatic hydroxyl groups excluding tert-OH is 1. The smallest absolute Gasteiger partial charge is 0.328 e. The van der Waals surface area contributed by atoms with E-state index in [2.05, 4.69) is 25.9 Å². The predicted molar refractivity (Wildman–Crippen MR) is 96.7 cm³/mol. The van der Waals surface area contributed by atoms with Crippen molar-refractivity contribution in [3.05, 3.63) is 18.2 Å². The number of aliphatic carboxylic acids is 1. The van der Waals surface area contributed by atoms with Crippen molar-refractivity contribution >= 4 is 23.7 Å². The predicted octanol–water partition coefficient (Wildman–Crippen LogP) is -2.76. The fourth-order valence-electron chi connectivity index (χ4n) is 2.18. The molecule has 0 aliphatic carbocycles. The van der Waals surface area contributed by atoms with E-state index in [0.29, 0.717) is 5.69 Å². The normalized spacial score (nSPS) is 16.2. The number of amides is 3. The number of nitrogens with two attached hydrogens (primary N) is 1. The van der Waals surface area contributed by atoms with E-state index < -0.39 is 54.0 Å². The third-order valence-corrected chi connectivity index (χ3v) is 3.82. The Labute approximate surface area is 161 Å². The molecule has 1 aromatic heterocycles. The molecule has 5 unspecified atom stereocenters. The zero-order chi connectivity index (χ0) is 21.4. The summed E-state index contributed by atoms with van der Waals surface area (Å²) in [7, 11) is 0. The molecule has 0 radical (unpaired) electrons. The van der Waals surface area contributed by atoms with Gasteiger partial charge in [0, 0.05) is 18.3 Å². The largest absolute Gasteiger partial charge is 0.480 e. The van der Waals surface area contributed by atoms with Crippen LogP contribution in [0.4, 0.5) is 0 Å². The highest BCUT2D eigenvalue weighted by atomic mass is 16.4. The van der Waals surface area contributed by atoms with Gasteiger partial charge in [-0.25, -0.2) is 9.78 Å². The van der Waals surface area contributed by atoms with Gasteiger partial charge in [0.25, 0.3) is 0 Å². The van der Waals surface area contributed by atoms with Crippen LogP contribution in [0.15, 0.2) is 12.5 Å². The minimum absolute atomic E-state index is 0.0162. The number of carboxylic acids is 1. The first-order chi connectivity index (χ1) is 13.0. The number of aromatic nitrogens is 2. The highest BCUT2D eigenvalue weighted by Gasteiger charge is 2.31. The number of H-pyrrole nitrogens is 1. The SMILES string of the molecule is CC(N)C(=O)NC(C)C(=O)NC(Cc1cnc[nH]1)C(=O)NC(C(=O)O)C(C)O. The van der Waals surface area contributed by atoms with Crippen LogP contribution in [0.25, 0.3) is 0 Å². The van der Waals surface area contributed by atoms with Crippen molar-refractivity contribution < 1.29 is 29.4 Å². The third kappa shape index (κ3) is 6.96. The molecule has 28 heavy (non-hydrogen) atoms. The molecule has 1 aromatic rings. The summed E-state index contributed by atoms with van der Waals surface area (Å²) in [5.41, 5.74) is 5.95. The molecule has 1 rings (SSSR count). The Hall–Kier alpha value is -2.99. The van der Waals surface area contributed by atoms with E-state index in [0.717, 1.165) is 0 Å². The molecular formula is C16H26N6O6. The van der Waals surface area contributed by atoms with Crippen LogP contribution >= 0.6 is 0 Å². The van der Waals surface area contributed by atoms with Crippen LogP contribution in [0.3, 0.4) is 0 Å². The van der Waals surface area contributed by atoms with Crippen LogP contribution < -0.4 is 21.7 Å². The number of carbonyl (C=O) groups excluding carboxylic acids is 3. The molecule has 1 heterocycles. The number of nitrogens with zero attached hydrogens (tertiary/aromatic N) is 1. The van der Waals surface area contributed by atoms with Gasteiger partial charge >= 0.3 is 5.97 Å². The fraction of sp³-hybridized carbons (Fsp3) is 0.562. The highest BCUT2D eigenvalue weighted by molar-refractivity contribution is 5.94. The number of rotatable bonds is 10. The van der Waals surface area contributed by atoms with E-state index in [-0.39, 0.29) is 6.42 Å². The number of hydrogen-bond acceptors (Lipinski definition) is 7. The van der Waals surface area contributed by atoms with Crippen LogP contribution in [0.1, 0.15) is 26.5 Å². The minimum atomic E-state index is -1.55. The van der Waals surface area contributed by atoms with E-state index in [1.807, 2.05) is 0 Å². The van der Waals surface area contributed by atoms with E-state index >= 15 is 0 Å². The molecule has 0 saturated heterocycles. The van der Waals surface area contributed by atoms with Crippen molar-refractivity contribution in [3.63, 3.8) is 0 Å². The maximum atomic E-state index is 12.5. The molecule has 0 bridgehead atoms. The first kappa shape index (κ1) is 23.0. The van der Waals surface area contributed by atoms with Crippen LogP contribution in [0, 0.1) is 0 Å². The Kier molecular flexibility index (Phi) is 8.54. The number of aliphatic hydroxyl groups is 1. The first-order valence-electron chi connectivity index (χ1n) is 8.57. The fourth-order valence-corrected chi connectivity index (χ4v) is 2.18. The molecule has 0 fully saturated rings. The van der Waals surface area contributed by atoms with Gasteiger partial charge in [0.05, 0.1) is 18.5 Å². The maximum absolute atomic E-state index is 12.5. The number of aromatic amines is 1. The molecule has 12 heteroatoms. The lowest BCUT2D eigenvalue weighted by molar-refractivity contribution is -0.145. The second-order valence-corrected chi connectivity index (χ2v) is 6.43. The lowest BCUT2D eigenvalue weighted by Crippen LogP contribution is -2.58. The molecule has 12 nitrogen and oxygen atoms in total. The Bertz CT molecular complexity index is 690. The number of imidazole rings is 1. The van der Waals surface area contributed by atoms with Crippen LogP contribution in [-0.2, 0) is 25.6 Å². The van der Waals surface area contributed by atoms with Crippen LogP contribution in [0.5, 0.6) is 0 Å². The third-order valence-electron chi connectivity index (χ3n) is 3.82. The molecule has 0 aromatic carbocycles. The molecule has 0 aliphatic rings. The number of hydrogen-bond donors (Lipinski definition) is 7. The molecule has 8 N–H and O–H groups in total. The van der Waals surface area contributed by atoms with E-state index in [1.54, 1.807) is 0 Å². The van der Waals surface area contributed by atoms with Gasteiger partial charge in [0.2, 0.25) is 17.7 Å². The molecule has 156 valence electrons. The molecule has 0 aliphatic heterocycles. The lowest BCUT2D eigenvalue weighted by Gasteiger charge is -2.24. The monoisotopic (exact) mass is 398 g/mol. The van der Waals surface area contributed by atoms with Crippen LogP contribution in [-0.4, -0.2) is 74.1 Å². The summed E-state index contributed by atoms with van der Waals surface area (Å²) in [6, 6.07) is -4.53. The standard InChI is InChI=1S/C16H26N6O6/c1-7(17)13(24)20-8(2)14(25)21-11(4-10-5-18-6-19-10)15(26)22-12(9(3)23)16(27)28/h5-9,11-12,23H,4,17H2,1-3H3,(H,18,19)(H,20,24)(H,21,25)(H,22,26)(H,27,28). The summed E-state index contributed by atoms with van der Waals surface area (Å²) in [4.78, 5) is 54.3. The number of nitrogens with one attached hydrogen (secondary N) is 4. The van der Waals surface area contributed by atoms with Gasteiger partial charge < -0.3 is 36.9 Å². The van der Waals surface area contributed by atoms with E-state index in [1.165, 1.54) is 33.3 Å². The lowest BCUT2D eigenvalue weighted by atomic mass is 10.1. The molecule has 0 saturated carbocycles. The van der Waals surface area contributed by atoms with E-state index in [4.69, 9.17) is 10.8 Å². The summed E-state index contributed by atoms with van der Waals surface area (Å²) in [6.45, 7) is 4.08. The molecular weight excluding hydrogens is 372 g/mol. The number of carbonyl (C=O) groups is 4.